The number of hydrogen-bond donors (Lipinski definition) is 0. The summed E-state index contributed by atoms with van der Waals surface area (Å²) in [6.07, 6.45) is 9.53. The van der Waals surface area contributed by atoms with Crippen molar-refractivity contribution in [2.75, 3.05) is 0 Å². The van der Waals surface area contributed by atoms with Crippen LogP contribution in [-0.2, 0) is 9.47 Å². The van der Waals surface area contributed by atoms with Gasteiger partial charge >= 0.3 is 0 Å². The molecule has 2 rings (SSSR count). The van der Waals surface area contributed by atoms with Crippen molar-refractivity contribution in [2.24, 2.45) is 0 Å². The van der Waals surface area contributed by atoms with Crippen molar-refractivity contribution >= 4 is 45.2 Å². The lowest BCUT2D eigenvalue weighted by molar-refractivity contribution is -0.0528. The van der Waals surface area contributed by atoms with Gasteiger partial charge in [-0.05, 0) is 71.8 Å². The fourth-order valence-corrected chi connectivity index (χ4v) is 5.12. The first-order chi connectivity index (χ1) is 8.52. The largest absolute Gasteiger partial charge is 0.375 e. The molecule has 18 heavy (non-hydrogen) atoms. The van der Waals surface area contributed by atoms with Crippen LogP contribution in [0.4, 0.5) is 0 Å². The first-order valence-electron chi connectivity index (χ1n) is 6.84. The third-order valence-electron chi connectivity index (χ3n) is 3.59. The molecule has 0 bridgehead atoms. The molecule has 104 valence electrons. The summed E-state index contributed by atoms with van der Waals surface area (Å²) in [5.74, 6) is 0. The molecule has 1 fully saturated rings. The van der Waals surface area contributed by atoms with Crippen LogP contribution in [0.1, 0.15) is 46.0 Å². The summed E-state index contributed by atoms with van der Waals surface area (Å²) >= 11 is 5.00. The van der Waals surface area contributed by atoms with E-state index < -0.39 is 0 Å². The molecule has 0 N–H and O–H groups in total. The molecule has 0 saturated carbocycles. The number of hydrogen-bond acceptors (Lipinski definition) is 2. The second-order valence-corrected chi connectivity index (χ2v) is 8.64. The van der Waals surface area contributed by atoms with Crippen LogP contribution >= 0.6 is 45.2 Å². The van der Waals surface area contributed by atoms with E-state index >= 15 is 0 Å². The minimum atomic E-state index is 0.277. The summed E-state index contributed by atoms with van der Waals surface area (Å²) in [7, 11) is 0. The molecule has 2 heterocycles. The Morgan fingerprint density at radius 3 is 2.56 bits per heavy atom. The number of ether oxygens (including phenoxy) is 2. The van der Waals surface area contributed by atoms with Crippen LogP contribution in [0.15, 0.2) is 9.66 Å². The zero-order valence-corrected chi connectivity index (χ0v) is 15.4. The Balaban J connectivity index is 1.76. The van der Waals surface area contributed by atoms with Gasteiger partial charge in [-0.15, -0.1) is 0 Å². The molecule has 0 radical (unpaired) electrons. The standard InChI is InChI=1S/C14H22I2O2/c1-9-5-11(15)7-13(17-9)3-4-14-8-12(16)6-10(2)18-14/h5,9-10,12-14H,3-4,6-8H2,1-2H3. The van der Waals surface area contributed by atoms with E-state index in [9.17, 15) is 0 Å². The average molecular weight is 476 g/mol. The smallest absolute Gasteiger partial charge is 0.0741 e. The summed E-state index contributed by atoms with van der Waals surface area (Å²) in [6, 6.07) is 0. The molecule has 0 aromatic rings. The van der Waals surface area contributed by atoms with Gasteiger partial charge in [0.2, 0.25) is 0 Å². The fourth-order valence-electron chi connectivity index (χ4n) is 2.84. The van der Waals surface area contributed by atoms with E-state index in [1.807, 2.05) is 0 Å². The molecule has 2 aliphatic heterocycles. The highest BCUT2D eigenvalue weighted by molar-refractivity contribution is 14.1. The number of alkyl halides is 1. The van der Waals surface area contributed by atoms with Crippen molar-refractivity contribution < 1.29 is 9.47 Å². The van der Waals surface area contributed by atoms with E-state index in [2.05, 4.69) is 65.1 Å². The van der Waals surface area contributed by atoms with Gasteiger partial charge in [-0.1, -0.05) is 22.6 Å². The van der Waals surface area contributed by atoms with Gasteiger partial charge < -0.3 is 9.47 Å². The molecule has 5 unspecified atom stereocenters. The maximum Gasteiger partial charge on any atom is 0.0741 e. The average Bonchev–Trinajstić information content (AvgIpc) is 2.23. The lowest BCUT2D eigenvalue weighted by Gasteiger charge is -2.33. The predicted octanol–water partition coefficient (Wildman–Crippen LogP) is 4.63. The van der Waals surface area contributed by atoms with Gasteiger partial charge in [-0.25, -0.2) is 0 Å². The monoisotopic (exact) mass is 476 g/mol. The van der Waals surface area contributed by atoms with E-state index in [1.54, 1.807) is 0 Å². The second kappa shape index (κ2) is 7.22. The molecule has 0 aromatic carbocycles. The Morgan fingerprint density at radius 1 is 1.17 bits per heavy atom. The van der Waals surface area contributed by atoms with Crippen LogP contribution in [0.2, 0.25) is 0 Å². The molecule has 0 amide bonds. The fraction of sp³-hybridized carbons (Fsp3) is 0.857. The van der Waals surface area contributed by atoms with Crippen LogP contribution in [0.25, 0.3) is 0 Å². The van der Waals surface area contributed by atoms with Crippen molar-refractivity contribution in [3.63, 3.8) is 0 Å². The van der Waals surface area contributed by atoms with Crippen molar-refractivity contribution in [1.29, 1.82) is 0 Å². The normalized spacial score (nSPS) is 41.6. The van der Waals surface area contributed by atoms with Gasteiger partial charge in [0.1, 0.15) is 0 Å². The minimum Gasteiger partial charge on any atom is -0.375 e. The minimum absolute atomic E-state index is 0.277. The maximum absolute atomic E-state index is 6.02. The zero-order valence-electron chi connectivity index (χ0n) is 11.1. The third-order valence-corrected chi connectivity index (χ3v) is 5.40. The molecule has 0 spiro atoms. The first-order valence-corrected chi connectivity index (χ1v) is 9.16. The molecule has 2 nitrogen and oxygen atoms in total. The second-order valence-electron chi connectivity index (χ2n) is 5.50. The molecule has 4 heteroatoms. The van der Waals surface area contributed by atoms with E-state index in [4.69, 9.17) is 9.47 Å². The SMILES string of the molecule is CC1C=C(I)CC(CCC2CC(I)CC(C)O2)O1. The molecule has 2 aliphatic rings. The van der Waals surface area contributed by atoms with E-state index in [-0.39, 0.29) is 6.10 Å². The Bertz CT molecular complexity index is 296. The lowest BCUT2D eigenvalue weighted by atomic mass is 9.98. The highest BCUT2D eigenvalue weighted by Gasteiger charge is 2.27. The Morgan fingerprint density at radius 2 is 1.89 bits per heavy atom. The summed E-state index contributed by atoms with van der Waals surface area (Å²) in [4.78, 5) is 0. The van der Waals surface area contributed by atoms with Gasteiger partial charge in [-0.3, -0.25) is 0 Å². The summed E-state index contributed by atoms with van der Waals surface area (Å²) in [5.41, 5.74) is 0. The van der Waals surface area contributed by atoms with Crippen LogP contribution in [-0.4, -0.2) is 28.3 Å². The highest BCUT2D eigenvalue weighted by atomic mass is 127. The molecule has 0 aliphatic carbocycles. The molecular formula is C14H22I2O2. The van der Waals surface area contributed by atoms with E-state index in [0.717, 1.165) is 23.2 Å². The Hall–Kier alpha value is 1.12. The van der Waals surface area contributed by atoms with Crippen LogP contribution < -0.4 is 0 Å². The van der Waals surface area contributed by atoms with Gasteiger partial charge in [0.05, 0.1) is 24.4 Å². The summed E-state index contributed by atoms with van der Waals surface area (Å²) in [5, 5.41) is 0. The molecule has 0 aromatic heterocycles. The van der Waals surface area contributed by atoms with E-state index in [0.29, 0.717) is 18.3 Å². The Kier molecular flexibility index (Phi) is 6.22. The quantitative estimate of drug-likeness (QED) is 0.437. The van der Waals surface area contributed by atoms with Crippen LogP contribution in [0.5, 0.6) is 0 Å². The van der Waals surface area contributed by atoms with Crippen LogP contribution in [0, 0.1) is 0 Å². The van der Waals surface area contributed by atoms with Crippen molar-refractivity contribution in [2.45, 2.75) is 74.3 Å². The van der Waals surface area contributed by atoms with Gasteiger partial charge in [0.15, 0.2) is 0 Å². The van der Waals surface area contributed by atoms with Crippen molar-refractivity contribution in [1.82, 2.24) is 0 Å². The van der Waals surface area contributed by atoms with E-state index in [1.165, 1.54) is 16.4 Å². The summed E-state index contributed by atoms with van der Waals surface area (Å²) < 4.78 is 14.2. The molecule has 1 saturated heterocycles. The van der Waals surface area contributed by atoms with Gasteiger partial charge in [0.25, 0.3) is 0 Å². The highest BCUT2D eigenvalue weighted by Crippen LogP contribution is 2.31. The topological polar surface area (TPSA) is 18.5 Å². The predicted molar refractivity (Wildman–Crippen MR) is 91.7 cm³/mol. The van der Waals surface area contributed by atoms with Gasteiger partial charge in [-0.2, -0.15) is 0 Å². The molecule has 5 atom stereocenters. The Labute approximate surface area is 138 Å². The van der Waals surface area contributed by atoms with Gasteiger partial charge in [0, 0.05) is 10.3 Å². The van der Waals surface area contributed by atoms with Crippen LogP contribution in [0.3, 0.4) is 0 Å². The number of halogens is 2. The molecular weight excluding hydrogens is 454 g/mol. The maximum atomic E-state index is 6.02. The van der Waals surface area contributed by atoms with Crippen molar-refractivity contribution in [3.05, 3.63) is 9.66 Å². The number of rotatable bonds is 3. The zero-order chi connectivity index (χ0) is 13.1. The summed E-state index contributed by atoms with van der Waals surface area (Å²) in [6.45, 7) is 4.33. The van der Waals surface area contributed by atoms with Crippen molar-refractivity contribution in [3.8, 4) is 0 Å². The third kappa shape index (κ3) is 4.90. The first kappa shape index (κ1) is 15.5. The lowest BCUT2D eigenvalue weighted by Crippen LogP contribution is -2.33.